The molecule has 0 aliphatic carbocycles. The molecule has 2 heterocycles. The zero-order valence-electron chi connectivity index (χ0n) is 12.1. The molecule has 1 fully saturated rings. The fourth-order valence-corrected chi connectivity index (χ4v) is 3.40. The standard InChI is InChI=1S/C15H14FN3O3S/c16-23(21,22)10-11-8-14(20)19(9-11)15-17-7-6-13(18-15)12-4-2-1-3-5-12/h1-7,11H,8-10H2. The summed E-state index contributed by atoms with van der Waals surface area (Å²) in [6.45, 7) is 0.0974. The zero-order valence-corrected chi connectivity index (χ0v) is 12.9. The van der Waals surface area contributed by atoms with Crippen molar-refractivity contribution in [2.45, 2.75) is 6.42 Å². The molecule has 6 nitrogen and oxygen atoms in total. The molecule has 8 heteroatoms. The summed E-state index contributed by atoms with van der Waals surface area (Å²) in [5.41, 5.74) is 1.54. The Bertz CT molecular complexity index is 827. The van der Waals surface area contributed by atoms with E-state index in [2.05, 4.69) is 9.97 Å². The number of carbonyl (C=O) groups is 1. The van der Waals surface area contributed by atoms with Crippen LogP contribution in [0.15, 0.2) is 42.6 Å². The number of rotatable bonds is 4. The van der Waals surface area contributed by atoms with Gasteiger partial charge in [-0.1, -0.05) is 30.3 Å². The highest BCUT2D eigenvalue weighted by atomic mass is 32.3. The van der Waals surface area contributed by atoms with Gasteiger partial charge in [0, 0.05) is 30.6 Å². The number of aromatic nitrogens is 2. The summed E-state index contributed by atoms with van der Waals surface area (Å²) in [7, 11) is -4.61. The number of anilines is 1. The minimum absolute atomic E-state index is 0.0257. The van der Waals surface area contributed by atoms with Gasteiger partial charge in [0.05, 0.1) is 11.4 Å². The number of carbonyl (C=O) groups excluding carboxylic acids is 1. The topological polar surface area (TPSA) is 80.2 Å². The summed E-state index contributed by atoms with van der Waals surface area (Å²) in [5, 5.41) is 0. The third-order valence-electron chi connectivity index (χ3n) is 3.59. The van der Waals surface area contributed by atoms with E-state index >= 15 is 0 Å². The van der Waals surface area contributed by atoms with Crippen LogP contribution in [-0.4, -0.2) is 36.6 Å². The Morgan fingerprint density at radius 3 is 2.65 bits per heavy atom. The molecule has 1 aliphatic rings. The van der Waals surface area contributed by atoms with E-state index in [1.54, 1.807) is 6.07 Å². The van der Waals surface area contributed by atoms with Crippen molar-refractivity contribution in [2.75, 3.05) is 17.2 Å². The lowest BCUT2D eigenvalue weighted by Gasteiger charge is -2.14. The van der Waals surface area contributed by atoms with Gasteiger partial charge in [-0.25, -0.2) is 9.97 Å². The molecule has 1 aliphatic heterocycles. The molecule has 23 heavy (non-hydrogen) atoms. The van der Waals surface area contributed by atoms with E-state index in [0.29, 0.717) is 5.69 Å². The lowest BCUT2D eigenvalue weighted by molar-refractivity contribution is -0.117. The van der Waals surface area contributed by atoms with Crippen LogP contribution in [0.2, 0.25) is 0 Å². The first kappa shape index (κ1) is 15.5. The Morgan fingerprint density at radius 2 is 1.96 bits per heavy atom. The van der Waals surface area contributed by atoms with E-state index in [0.717, 1.165) is 5.56 Å². The summed E-state index contributed by atoms with van der Waals surface area (Å²) >= 11 is 0. The molecule has 0 bridgehead atoms. The van der Waals surface area contributed by atoms with E-state index < -0.39 is 21.9 Å². The van der Waals surface area contributed by atoms with Crippen molar-refractivity contribution in [3.05, 3.63) is 42.6 Å². The predicted molar refractivity (Wildman–Crippen MR) is 82.8 cm³/mol. The molecule has 0 N–H and O–H groups in total. The molecular formula is C15H14FN3O3S. The number of hydrogen-bond acceptors (Lipinski definition) is 5. The van der Waals surface area contributed by atoms with Crippen LogP contribution >= 0.6 is 0 Å². The molecule has 0 spiro atoms. The molecular weight excluding hydrogens is 321 g/mol. The van der Waals surface area contributed by atoms with Crippen molar-refractivity contribution in [2.24, 2.45) is 5.92 Å². The average molecular weight is 335 g/mol. The molecule has 0 radical (unpaired) electrons. The normalized spacial score (nSPS) is 18.4. The Hall–Kier alpha value is -2.35. The number of halogens is 1. The highest BCUT2D eigenvalue weighted by Crippen LogP contribution is 2.25. The van der Waals surface area contributed by atoms with E-state index in [1.807, 2.05) is 30.3 Å². The van der Waals surface area contributed by atoms with Crippen molar-refractivity contribution < 1.29 is 17.1 Å². The summed E-state index contributed by atoms with van der Waals surface area (Å²) in [6, 6.07) is 11.1. The fourth-order valence-electron chi connectivity index (χ4n) is 2.62. The quantitative estimate of drug-likeness (QED) is 0.796. The van der Waals surface area contributed by atoms with Gasteiger partial charge < -0.3 is 0 Å². The molecule has 1 atom stereocenters. The van der Waals surface area contributed by atoms with Gasteiger partial charge in [0.15, 0.2) is 0 Å². The van der Waals surface area contributed by atoms with Crippen LogP contribution < -0.4 is 4.90 Å². The second kappa shape index (κ2) is 6.04. The summed E-state index contributed by atoms with van der Waals surface area (Å²) in [6.07, 6.45) is 1.51. The van der Waals surface area contributed by atoms with Gasteiger partial charge in [-0.2, -0.15) is 8.42 Å². The fraction of sp³-hybridized carbons (Fsp3) is 0.267. The second-order valence-corrected chi connectivity index (χ2v) is 6.80. The van der Waals surface area contributed by atoms with Crippen LogP contribution in [0.5, 0.6) is 0 Å². The Labute approximate surface area is 133 Å². The molecule has 1 unspecified atom stereocenters. The number of hydrogen-bond donors (Lipinski definition) is 0. The van der Waals surface area contributed by atoms with Crippen molar-refractivity contribution in [3.8, 4) is 11.3 Å². The number of benzene rings is 1. The van der Waals surface area contributed by atoms with Gasteiger partial charge >= 0.3 is 10.2 Å². The lowest BCUT2D eigenvalue weighted by atomic mass is 10.1. The number of nitrogens with zero attached hydrogens (tertiary/aromatic N) is 3. The summed E-state index contributed by atoms with van der Waals surface area (Å²) < 4.78 is 34.3. The van der Waals surface area contributed by atoms with Gasteiger partial charge in [-0.15, -0.1) is 3.89 Å². The van der Waals surface area contributed by atoms with E-state index in [1.165, 1.54) is 11.1 Å². The molecule has 1 aromatic carbocycles. The maximum Gasteiger partial charge on any atom is 0.302 e. The minimum atomic E-state index is -4.61. The third kappa shape index (κ3) is 3.70. The Morgan fingerprint density at radius 1 is 1.22 bits per heavy atom. The van der Waals surface area contributed by atoms with Crippen molar-refractivity contribution in [3.63, 3.8) is 0 Å². The largest absolute Gasteiger partial charge is 0.302 e. The van der Waals surface area contributed by atoms with Gasteiger partial charge in [-0.3, -0.25) is 9.69 Å². The first-order valence-corrected chi connectivity index (χ1v) is 8.59. The molecule has 1 amide bonds. The van der Waals surface area contributed by atoms with Gasteiger partial charge in [0.1, 0.15) is 0 Å². The van der Waals surface area contributed by atoms with Gasteiger partial charge in [0.25, 0.3) is 0 Å². The zero-order chi connectivity index (χ0) is 16.4. The van der Waals surface area contributed by atoms with E-state index in [-0.39, 0.29) is 24.8 Å². The van der Waals surface area contributed by atoms with Crippen molar-refractivity contribution in [1.29, 1.82) is 0 Å². The molecule has 2 aromatic rings. The first-order chi connectivity index (χ1) is 10.9. The maximum absolute atomic E-state index is 12.8. The summed E-state index contributed by atoms with van der Waals surface area (Å²) in [5.74, 6) is -1.34. The molecule has 0 saturated carbocycles. The monoisotopic (exact) mass is 335 g/mol. The second-order valence-electron chi connectivity index (χ2n) is 5.39. The van der Waals surface area contributed by atoms with Crippen LogP contribution in [0.4, 0.5) is 9.83 Å². The van der Waals surface area contributed by atoms with E-state index in [9.17, 15) is 17.1 Å². The van der Waals surface area contributed by atoms with Crippen LogP contribution in [0.3, 0.4) is 0 Å². The van der Waals surface area contributed by atoms with Crippen LogP contribution in [0.25, 0.3) is 11.3 Å². The van der Waals surface area contributed by atoms with Crippen LogP contribution in [-0.2, 0) is 15.0 Å². The Kier molecular flexibility index (Phi) is 4.08. The SMILES string of the molecule is O=C1CC(CS(=O)(=O)F)CN1c1nccc(-c2ccccc2)n1. The molecule has 3 rings (SSSR count). The molecule has 1 saturated heterocycles. The highest BCUT2D eigenvalue weighted by molar-refractivity contribution is 7.86. The van der Waals surface area contributed by atoms with Gasteiger partial charge in [-0.05, 0) is 6.07 Å². The van der Waals surface area contributed by atoms with Gasteiger partial charge in [0.2, 0.25) is 11.9 Å². The Balaban J connectivity index is 1.84. The molecule has 120 valence electrons. The predicted octanol–water partition coefficient (Wildman–Crippen LogP) is 1.80. The minimum Gasteiger partial charge on any atom is -0.280 e. The average Bonchev–Trinajstić information content (AvgIpc) is 2.87. The van der Waals surface area contributed by atoms with Crippen molar-refractivity contribution in [1.82, 2.24) is 9.97 Å². The van der Waals surface area contributed by atoms with Crippen LogP contribution in [0.1, 0.15) is 6.42 Å². The maximum atomic E-state index is 12.8. The lowest BCUT2D eigenvalue weighted by Crippen LogP contribution is -2.27. The number of amides is 1. The van der Waals surface area contributed by atoms with E-state index in [4.69, 9.17) is 0 Å². The summed E-state index contributed by atoms with van der Waals surface area (Å²) in [4.78, 5) is 21.8. The molecule has 1 aromatic heterocycles. The third-order valence-corrected chi connectivity index (χ3v) is 4.46. The first-order valence-electron chi connectivity index (χ1n) is 7.03. The van der Waals surface area contributed by atoms with Crippen molar-refractivity contribution >= 4 is 22.1 Å². The smallest absolute Gasteiger partial charge is 0.280 e. The van der Waals surface area contributed by atoms with Crippen LogP contribution in [0, 0.1) is 5.92 Å². The highest BCUT2D eigenvalue weighted by Gasteiger charge is 2.35.